The highest BCUT2D eigenvalue weighted by atomic mass is 14.6. The smallest absolute Gasteiger partial charge is 0.0349 e. The van der Waals surface area contributed by atoms with E-state index in [1.807, 2.05) is 12.4 Å². The van der Waals surface area contributed by atoms with Gasteiger partial charge in [-0.3, -0.25) is 4.98 Å². The van der Waals surface area contributed by atoms with Gasteiger partial charge in [0, 0.05) is 18.0 Å². The summed E-state index contributed by atoms with van der Waals surface area (Å²) in [7, 11) is 0. The van der Waals surface area contributed by atoms with Gasteiger partial charge in [0.05, 0.1) is 0 Å². The number of hydrogen-bond donors (Lipinski definition) is 0. The van der Waals surface area contributed by atoms with Crippen molar-refractivity contribution in [3.63, 3.8) is 0 Å². The third-order valence-corrected chi connectivity index (χ3v) is 8.63. The summed E-state index contributed by atoms with van der Waals surface area (Å²) >= 11 is 0. The Morgan fingerprint density at radius 3 is 1.95 bits per heavy atom. The zero-order chi connectivity index (χ0) is 30.5. The molecule has 1 nitrogen and oxygen atoms in total. The SMILES string of the molecule is C\C=C/C(=C(C)/C=C\CC(C)c1ccncc1-c1ccccc1)c1c2ccccc2c(-c2ccc(C)cc2)c2ccccc12. The summed E-state index contributed by atoms with van der Waals surface area (Å²) in [4.78, 5) is 4.44. The largest absolute Gasteiger partial charge is 0.264 e. The van der Waals surface area contributed by atoms with Gasteiger partial charge >= 0.3 is 0 Å². The maximum Gasteiger partial charge on any atom is 0.0349 e. The minimum atomic E-state index is 0.359. The van der Waals surface area contributed by atoms with Gasteiger partial charge in [0.15, 0.2) is 0 Å². The Hall–Kier alpha value is -5.01. The summed E-state index contributed by atoms with van der Waals surface area (Å²) in [6.45, 7) is 8.81. The van der Waals surface area contributed by atoms with Gasteiger partial charge in [-0.15, -0.1) is 0 Å². The van der Waals surface area contributed by atoms with Crippen LogP contribution in [0.4, 0.5) is 0 Å². The van der Waals surface area contributed by atoms with Crippen LogP contribution in [0.2, 0.25) is 0 Å². The third kappa shape index (κ3) is 5.79. The summed E-state index contributed by atoms with van der Waals surface area (Å²) in [5.41, 5.74) is 11.4. The molecule has 0 bridgehead atoms. The van der Waals surface area contributed by atoms with Crippen molar-refractivity contribution in [2.45, 2.75) is 40.0 Å². The van der Waals surface area contributed by atoms with Crippen molar-refractivity contribution in [3.8, 4) is 22.3 Å². The number of benzene rings is 5. The first-order valence-electron chi connectivity index (χ1n) is 15.6. The summed E-state index contributed by atoms with van der Waals surface area (Å²) in [5.74, 6) is 0.359. The second-order valence-corrected chi connectivity index (χ2v) is 11.7. The Balaban J connectivity index is 1.44. The molecular formula is C43H39N. The lowest BCUT2D eigenvalue weighted by molar-refractivity contribution is 0.780. The zero-order valence-corrected chi connectivity index (χ0v) is 26.1. The predicted octanol–water partition coefficient (Wildman–Crippen LogP) is 12.1. The lowest BCUT2D eigenvalue weighted by Crippen LogP contribution is -1.97. The second-order valence-electron chi connectivity index (χ2n) is 11.7. The Bertz CT molecular complexity index is 1950. The Morgan fingerprint density at radius 1 is 0.705 bits per heavy atom. The van der Waals surface area contributed by atoms with Gasteiger partial charge in [0.2, 0.25) is 0 Å². The van der Waals surface area contributed by atoms with E-state index in [1.165, 1.54) is 71.6 Å². The Labute approximate surface area is 261 Å². The number of nitrogens with zero attached hydrogens (tertiary/aromatic N) is 1. The normalized spacial score (nSPS) is 13.2. The van der Waals surface area contributed by atoms with E-state index in [0.717, 1.165) is 6.42 Å². The fourth-order valence-electron chi connectivity index (χ4n) is 6.39. The average Bonchev–Trinajstić information content (AvgIpc) is 3.07. The Kier molecular flexibility index (Phi) is 8.66. The number of aromatic nitrogens is 1. The minimum absolute atomic E-state index is 0.359. The van der Waals surface area contributed by atoms with E-state index in [1.54, 1.807) is 0 Å². The number of rotatable bonds is 8. The molecule has 6 aromatic rings. The van der Waals surface area contributed by atoms with Crippen molar-refractivity contribution in [2.24, 2.45) is 0 Å². The van der Waals surface area contributed by atoms with Crippen molar-refractivity contribution in [2.75, 3.05) is 0 Å². The molecule has 44 heavy (non-hydrogen) atoms. The molecule has 1 unspecified atom stereocenters. The van der Waals surface area contributed by atoms with Crippen LogP contribution in [-0.2, 0) is 0 Å². The van der Waals surface area contributed by atoms with Gasteiger partial charge in [0.1, 0.15) is 0 Å². The van der Waals surface area contributed by atoms with E-state index in [9.17, 15) is 0 Å². The summed E-state index contributed by atoms with van der Waals surface area (Å²) in [6.07, 6.45) is 13.9. The van der Waals surface area contributed by atoms with Gasteiger partial charge in [-0.05, 0) is 99.7 Å². The topological polar surface area (TPSA) is 12.9 Å². The van der Waals surface area contributed by atoms with Crippen LogP contribution in [0.5, 0.6) is 0 Å². The molecule has 216 valence electrons. The molecule has 0 fully saturated rings. The van der Waals surface area contributed by atoms with Gasteiger partial charge in [0.25, 0.3) is 0 Å². The van der Waals surface area contributed by atoms with Crippen LogP contribution in [0.25, 0.3) is 49.4 Å². The molecule has 0 saturated heterocycles. The second kappa shape index (κ2) is 13.1. The summed E-state index contributed by atoms with van der Waals surface area (Å²) in [6, 6.07) is 39.5. The maximum absolute atomic E-state index is 4.44. The highest BCUT2D eigenvalue weighted by molar-refractivity contribution is 6.19. The van der Waals surface area contributed by atoms with Crippen LogP contribution in [0.1, 0.15) is 49.8 Å². The molecule has 1 atom stereocenters. The van der Waals surface area contributed by atoms with Crippen molar-refractivity contribution in [1.29, 1.82) is 0 Å². The van der Waals surface area contributed by atoms with E-state index >= 15 is 0 Å². The lowest BCUT2D eigenvalue weighted by Gasteiger charge is -2.19. The van der Waals surface area contributed by atoms with E-state index in [-0.39, 0.29) is 0 Å². The molecule has 1 heteroatoms. The molecule has 5 aromatic carbocycles. The van der Waals surface area contributed by atoms with E-state index < -0.39 is 0 Å². The van der Waals surface area contributed by atoms with Crippen molar-refractivity contribution < 1.29 is 0 Å². The van der Waals surface area contributed by atoms with Crippen molar-refractivity contribution in [1.82, 2.24) is 4.98 Å². The molecule has 0 spiro atoms. The van der Waals surface area contributed by atoms with E-state index in [0.29, 0.717) is 5.92 Å². The van der Waals surface area contributed by atoms with Crippen molar-refractivity contribution >= 4 is 27.1 Å². The molecule has 0 aliphatic carbocycles. The van der Waals surface area contributed by atoms with Crippen LogP contribution in [0, 0.1) is 6.92 Å². The molecule has 1 aromatic heterocycles. The Morgan fingerprint density at radius 2 is 1.32 bits per heavy atom. The number of fused-ring (bicyclic) bond motifs is 2. The maximum atomic E-state index is 4.44. The first-order chi connectivity index (χ1) is 21.6. The monoisotopic (exact) mass is 569 g/mol. The van der Waals surface area contributed by atoms with E-state index in [4.69, 9.17) is 0 Å². The molecule has 0 saturated carbocycles. The number of allylic oxidation sites excluding steroid dienone is 6. The summed E-state index contributed by atoms with van der Waals surface area (Å²) < 4.78 is 0. The van der Waals surface area contributed by atoms with Crippen LogP contribution in [0.15, 0.2) is 151 Å². The van der Waals surface area contributed by atoms with Gasteiger partial charge in [-0.25, -0.2) is 0 Å². The predicted molar refractivity (Wildman–Crippen MR) is 191 cm³/mol. The fourth-order valence-corrected chi connectivity index (χ4v) is 6.39. The number of pyridine rings is 1. The van der Waals surface area contributed by atoms with Gasteiger partial charge in [-0.1, -0.05) is 140 Å². The quantitative estimate of drug-likeness (QED) is 0.131. The molecule has 1 heterocycles. The van der Waals surface area contributed by atoms with Crippen LogP contribution in [0.3, 0.4) is 0 Å². The molecule has 6 rings (SSSR count). The molecule has 0 N–H and O–H groups in total. The minimum Gasteiger partial charge on any atom is -0.264 e. The highest BCUT2D eigenvalue weighted by Crippen LogP contribution is 2.43. The van der Waals surface area contributed by atoms with Crippen molar-refractivity contribution in [3.05, 3.63) is 168 Å². The molecule has 0 aliphatic heterocycles. The first kappa shape index (κ1) is 29.1. The third-order valence-electron chi connectivity index (χ3n) is 8.63. The average molecular weight is 570 g/mol. The lowest BCUT2D eigenvalue weighted by atomic mass is 9.84. The van der Waals surface area contributed by atoms with Crippen LogP contribution in [-0.4, -0.2) is 4.98 Å². The van der Waals surface area contributed by atoms with Gasteiger partial charge in [-0.2, -0.15) is 0 Å². The fraction of sp³-hybridized carbons (Fsp3) is 0.140. The summed E-state index contributed by atoms with van der Waals surface area (Å²) in [5, 5.41) is 5.12. The van der Waals surface area contributed by atoms with Crippen LogP contribution >= 0.6 is 0 Å². The molecule has 0 amide bonds. The van der Waals surface area contributed by atoms with Crippen LogP contribution < -0.4 is 0 Å². The standard InChI is InChI=1S/C43H39N/c1-5-14-36(32(4)16-13-15-31(3)35-27-28-44-29-41(35)33-17-7-6-8-18-33)43-39-21-11-9-19-37(39)42(34-25-23-30(2)24-26-34)38-20-10-12-22-40(38)43/h5-14,16-29,31H,15H2,1-4H3/b14-5-,16-13-,36-32-. The first-order valence-corrected chi connectivity index (χ1v) is 15.6. The molecule has 0 radical (unpaired) electrons. The number of hydrogen-bond acceptors (Lipinski definition) is 1. The van der Waals surface area contributed by atoms with Gasteiger partial charge < -0.3 is 0 Å². The highest BCUT2D eigenvalue weighted by Gasteiger charge is 2.18. The molecule has 0 aliphatic rings. The number of aryl methyl sites for hydroxylation is 1. The zero-order valence-electron chi connectivity index (χ0n) is 26.1. The van der Waals surface area contributed by atoms with E-state index in [2.05, 4.69) is 166 Å². The molecular weight excluding hydrogens is 530 g/mol.